The second kappa shape index (κ2) is 4.56. The normalized spacial score (nSPS) is 9.57. The SMILES string of the molecule is C=CCNC(=O)c1ccc(F)cc1C. The van der Waals surface area contributed by atoms with Gasteiger partial charge in [0.05, 0.1) is 0 Å². The Morgan fingerprint density at radius 3 is 2.93 bits per heavy atom. The molecule has 1 N–H and O–H groups in total. The van der Waals surface area contributed by atoms with E-state index in [9.17, 15) is 9.18 Å². The largest absolute Gasteiger partial charge is 0.349 e. The van der Waals surface area contributed by atoms with Gasteiger partial charge in [0, 0.05) is 12.1 Å². The Bertz CT molecular complexity index is 360. The molecule has 0 radical (unpaired) electrons. The van der Waals surface area contributed by atoms with Crippen LogP contribution in [0, 0.1) is 12.7 Å². The van der Waals surface area contributed by atoms with Gasteiger partial charge in [-0.05, 0) is 30.7 Å². The topological polar surface area (TPSA) is 29.1 Å². The summed E-state index contributed by atoms with van der Waals surface area (Å²) in [5.74, 6) is -0.537. The summed E-state index contributed by atoms with van der Waals surface area (Å²) in [6.07, 6.45) is 1.59. The maximum Gasteiger partial charge on any atom is 0.251 e. The number of carbonyl (C=O) groups is 1. The number of halogens is 1. The van der Waals surface area contributed by atoms with Crippen LogP contribution in [0.15, 0.2) is 30.9 Å². The Morgan fingerprint density at radius 1 is 1.64 bits per heavy atom. The maximum atomic E-state index is 12.7. The van der Waals surface area contributed by atoms with Crippen LogP contribution in [0.25, 0.3) is 0 Å². The van der Waals surface area contributed by atoms with E-state index in [1.54, 1.807) is 13.0 Å². The van der Waals surface area contributed by atoms with Gasteiger partial charge < -0.3 is 5.32 Å². The summed E-state index contributed by atoms with van der Waals surface area (Å²) in [6.45, 7) is 5.60. The van der Waals surface area contributed by atoms with E-state index < -0.39 is 0 Å². The lowest BCUT2D eigenvalue weighted by atomic mass is 10.1. The van der Waals surface area contributed by atoms with Crippen molar-refractivity contribution in [1.29, 1.82) is 0 Å². The first kappa shape index (κ1) is 10.4. The van der Waals surface area contributed by atoms with Crippen LogP contribution in [0.5, 0.6) is 0 Å². The van der Waals surface area contributed by atoms with Crippen LogP contribution in [0.1, 0.15) is 15.9 Å². The molecule has 0 bridgehead atoms. The molecule has 0 aliphatic carbocycles. The summed E-state index contributed by atoms with van der Waals surface area (Å²) in [4.78, 5) is 11.5. The van der Waals surface area contributed by atoms with Gasteiger partial charge in [-0.2, -0.15) is 0 Å². The standard InChI is InChI=1S/C11H12FNO/c1-3-6-13-11(14)10-5-4-9(12)7-8(10)2/h3-5,7H,1,6H2,2H3,(H,13,14). The van der Waals surface area contributed by atoms with Gasteiger partial charge in [0.1, 0.15) is 5.82 Å². The Hall–Kier alpha value is -1.64. The van der Waals surface area contributed by atoms with E-state index in [2.05, 4.69) is 11.9 Å². The Balaban J connectivity index is 2.84. The molecule has 0 spiro atoms. The van der Waals surface area contributed by atoms with Crippen molar-refractivity contribution in [1.82, 2.24) is 5.32 Å². The van der Waals surface area contributed by atoms with Gasteiger partial charge in [0.25, 0.3) is 5.91 Å². The molecule has 0 unspecified atom stereocenters. The third-order valence-corrected chi connectivity index (χ3v) is 1.84. The second-order valence-corrected chi connectivity index (χ2v) is 2.96. The van der Waals surface area contributed by atoms with Crippen molar-refractivity contribution in [3.8, 4) is 0 Å². The molecule has 0 saturated carbocycles. The summed E-state index contributed by atoms with van der Waals surface area (Å²) in [7, 11) is 0. The molecule has 1 rings (SSSR count). The highest BCUT2D eigenvalue weighted by atomic mass is 19.1. The predicted octanol–water partition coefficient (Wildman–Crippen LogP) is 2.05. The number of amides is 1. The highest BCUT2D eigenvalue weighted by Crippen LogP contribution is 2.09. The molecule has 2 nitrogen and oxygen atoms in total. The van der Waals surface area contributed by atoms with E-state index in [1.807, 2.05) is 0 Å². The van der Waals surface area contributed by atoms with Crippen LogP contribution in [-0.4, -0.2) is 12.5 Å². The molecule has 0 atom stereocenters. The first-order valence-corrected chi connectivity index (χ1v) is 4.30. The van der Waals surface area contributed by atoms with Gasteiger partial charge in [0.2, 0.25) is 0 Å². The Morgan fingerprint density at radius 2 is 2.36 bits per heavy atom. The molecule has 0 saturated heterocycles. The highest BCUT2D eigenvalue weighted by molar-refractivity contribution is 5.95. The van der Waals surface area contributed by atoms with Crippen LogP contribution in [-0.2, 0) is 0 Å². The van der Waals surface area contributed by atoms with E-state index in [-0.39, 0.29) is 11.7 Å². The smallest absolute Gasteiger partial charge is 0.251 e. The number of hydrogen-bond acceptors (Lipinski definition) is 1. The third kappa shape index (κ3) is 2.42. The minimum atomic E-state index is -0.331. The minimum Gasteiger partial charge on any atom is -0.349 e. The predicted molar refractivity (Wildman–Crippen MR) is 53.7 cm³/mol. The lowest BCUT2D eigenvalue weighted by molar-refractivity contribution is 0.0957. The zero-order valence-electron chi connectivity index (χ0n) is 8.01. The Kier molecular flexibility index (Phi) is 3.40. The third-order valence-electron chi connectivity index (χ3n) is 1.84. The monoisotopic (exact) mass is 193 g/mol. The fourth-order valence-electron chi connectivity index (χ4n) is 1.14. The number of rotatable bonds is 3. The maximum absolute atomic E-state index is 12.7. The highest BCUT2D eigenvalue weighted by Gasteiger charge is 2.07. The summed E-state index contributed by atoms with van der Waals surface area (Å²) in [6, 6.07) is 4.09. The van der Waals surface area contributed by atoms with E-state index in [1.165, 1.54) is 18.2 Å². The fraction of sp³-hybridized carbons (Fsp3) is 0.182. The fourth-order valence-corrected chi connectivity index (χ4v) is 1.14. The van der Waals surface area contributed by atoms with Crippen molar-refractivity contribution in [2.24, 2.45) is 0 Å². The molecular formula is C11H12FNO. The Labute approximate surface area is 82.4 Å². The van der Waals surface area contributed by atoms with Crippen molar-refractivity contribution in [2.75, 3.05) is 6.54 Å². The molecule has 1 aromatic carbocycles. The molecule has 0 aliphatic heterocycles. The first-order valence-electron chi connectivity index (χ1n) is 4.30. The van der Waals surface area contributed by atoms with Gasteiger partial charge in [-0.15, -0.1) is 6.58 Å². The molecular weight excluding hydrogens is 181 g/mol. The van der Waals surface area contributed by atoms with Gasteiger partial charge in [-0.1, -0.05) is 6.08 Å². The van der Waals surface area contributed by atoms with Crippen molar-refractivity contribution in [3.63, 3.8) is 0 Å². The summed E-state index contributed by atoms with van der Waals surface area (Å²) < 4.78 is 12.7. The summed E-state index contributed by atoms with van der Waals surface area (Å²) in [5.41, 5.74) is 1.12. The number of benzene rings is 1. The van der Waals surface area contributed by atoms with E-state index in [0.29, 0.717) is 17.7 Å². The van der Waals surface area contributed by atoms with E-state index in [0.717, 1.165) is 0 Å². The quantitative estimate of drug-likeness (QED) is 0.731. The van der Waals surface area contributed by atoms with Crippen molar-refractivity contribution in [2.45, 2.75) is 6.92 Å². The summed E-state index contributed by atoms with van der Waals surface area (Å²) in [5, 5.41) is 2.63. The molecule has 1 amide bonds. The average molecular weight is 193 g/mol. The van der Waals surface area contributed by atoms with Gasteiger partial charge in [-0.25, -0.2) is 4.39 Å². The van der Waals surface area contributed by atoms with Crippen LogP contribution < -0.4 is 5.32 Å². The van der Waals surface area contributed by atoms with Crippen LogP contribution >= 0.6 is 0 Å². The molecule has 0 heterocycles. The molecule has 74 valence electrons. The van der Waals surface area contributed by atoms with E-state index in [4.69, 9.17) is 0 Å². The second-order valence-electron chi connectivity index (χ2n) is 2.96. The molecule has 1 aromatic rings. The van der Waals surface area contributed by atoms with Gasteiger partial charge in [0.15, 0.2) is 0 Å². The molecule has 0 aromatic heterocycles. The number of nitrogens with one attached hydrogen (secondary N) is 1. The number of hydrogen-bond donors (Lipinski definition) is 1. The molecule has 0 fully saturated rings. The lowest BCUT2D eigenvalue weighted by Crippen LogP contribution is -2.23. The zero-order chi connectivity index (χ0) is 10.6. The van der Waals surface area contributed by atoms with Crippen molar-refractivity contribution >= 4 is 5.91 Å². The zero-order valence-corrected chi connectivity index (χ0v) is 8.01. The minimum absolute atomic E-state index is 0.206. The molecule has 0 aliphatic rings. The van der Waals surface area contributed by atoms with Crippen molar-refractivity contribution in [3.05, 3.63) is 47.8 Å². The summed E-state index contributed by atoms with van der Waals surface area (Å²) >= 11 is 0. The van der Waals surface area contributed by atoms with Gasteiger partial charge in [-0.3, -0.25) is 4.79 Å². The van der Waals surface area contributed by atoms with Crippen LogP contribution in [0.4, 0.5) is 4.39 Å². The van der Waals surface area contributed by atoms with Crippen LogP contribution in [0.2, 0.25) is 0 Å². The van der Waals surface area contributed by atoms with Gasteiger partial charge >= 0.3 is 0 Å². The number of carbonyl (C=O) groups excluding carboxylic acids is 1. The average Bonchev–Trinajstić information content (AvgIpc) is 2.14. The lowest BCUT2D eigenvalue weighted by Gasteiger charge is -2.05. The number of aryl methyl sites for hydroxylation is 1. The molecule has 14 heavy (non-hydrogen) atoms. The van der Waals surface area contributed by atoms with Crippen LogP contribution in [0.3, 0.4) is 0 Å². The van der Waals surface area contributed by atoms with Crippen molar-refractivity contribution < 1.29 is 9.18 Å². The first-order chi connectivity index (χ1) is 6.65. The van der Waals surface area contributed by atoms with E-state index >= 15 is 0 Å². The molecule has 3 heteroatoms.